The van der Waals surface area contributed by atoms with Gasteiger partial charge in [0.2, 0.25) is 5.91 Å². The van der Waals surface area contributed by atoms with Crippen LogP contribution in [0.3, 0.4) is 0 Å². The maximum atomic E-state index is 12.1. The van der Waals surface area contributed by atoms with Crippen molar-refractivity contribution in [3.05, 3.63) is 18.2 Å². The molecule has 0 spiro atoms. The van der Waals surface area contributed by atoms with Gasteiger partial charge in [0.25, 0.3) is 0 Å². The number of rotatable bonds is 4. The van der Waals surface area contributed by atoms with Gasteiger partial charge in [-0.2, -0.15) is 0 Å². The SMILES string of the molecule is CC(=O)SCC1CC(=O)N(c2cc(S(C)(=O)=O)ccc2O)C1. The highest BCUT2D eigenvalue weighted by Crippen LogP contribution is 2.35. The molecule has 1 amide bonds. The third-order valence-corrected chi connectivity index (χ3v) is 5.55. The van der Waals surface area contributed by atoms with Gasteiger partial charge in [0.05, 0.1) is 10.6 Å². The van der Waals surface area contributed by atoms with E-state index in [1.165, 1.54) is 30.0 Å². The Morgan fingerprint density at radius 3 is 2.73 bits per heavy atom. The van der Waals surface area contributed by atoms with Crippen molar-refractivity contribution in [3.63, 3.8) is 0 Å². The number of anilines is 1. The van der Waals surface area contributed by atoms with E-state index in [1.807, 2.05) is 0 Å². The zero-order valence-electron chi connectivity index (χ0n) is 12.3. The van der Waals surface area contributed by atoms with E-state index in [4.69, 9.17) is 0 Å². The number of phenols is 1. The highest BCUT2D eigenvalue weighted by Gasteiger charge is 2.32. The molecule has 2 rings (SSSR count). The van der Waals surface area contributed by atoms with Crippen LogP contribution in [0.2, 0.25) is 0 Å². The van der Waals surface area contributed by atoms with Crippen LogP contribution < -0.4 is 4.90 Å². The standard InChI is InChI=1S/C14H17NO5S2/c1-9(16)21-8-10-5-14(18)15(7-10)12-6-11(22(2,19)20)3-4-13(12)17/h3-4,6,10,17H,5,7-8H2,1-2H3. The molecule has 1 aliphatic rings. The number of sulfone groups is 1. The van der Waals surface area contributed by atoms with Gasteiger partial charge in [-0.3, -0.25) is 9.59 Å². The lowest BCUT2D eigenvalue weighted by atomic mass is 10.1. The number of thioether (sulfide) groups is 1. The van der Waals surface area contributed by atoms with E-state index in [1.54, 1.807) is 0 Å². The van der Waals surface area contributed by atoms with Crippen LogP contribution in [0.5, 0.6) is 5.75 Å². The van der Waals surface area contributed by atoms with Crippen molar-refractivity contribution in [2.24, 2.45) is 5.92 Å². The smallest absolute Gasteiger partial charge is 0.227 e. The van der Waals surface area contributed by atoms with Crippen LogP contribution in [-0.2, 0) is 19.4 Å². The molecule has 1 saturated heterocycles. The van der Waals surface area contributed by atoms with Crippen LogP contribution in [0.4, 0.5) is 5.69 Å². The fourth-order valence-corrected chi connectivity index (χ4v) is 3.65. The van der Waals surface area contributed by atoms with Gasteiger partial charge in [-0.15, -0.1) is 0 Å². The van der Waals surface area contributed by atoms with E-state index in [2.05, 4.69) is 0 Å². The zero-order chi connectivity index (χ0) is 16.5. The third-order valence-electron chi connectivity index (χ3n) is 3.39. The molecular formula is C14H17NO5S2. The van der Waals surface area contributed by atoms with Gasteiger partial charge in [0.1, 0.15) is 5.75 Å². The summed E-state index contributed by atoms with van der Waals surface area (Å²) in [5.41, 5.74) is 0.197. The Morgan fingerprint density at radius 1 is 1.45 bits per heavy atom. The minimum Gasteiger partial charge on any atom is -0.506 e. The second-order valence-electron chi connectivity index (χ2n) is 5.30. The second kappa shape index (κ2) is 6.29. The number of nitrogens with zero attached hydrogens (tertiary/aromatic N) is 1. The van der Waals surface area contributed by atoms with Crippen molar-refractivity contribution in [1.82, 2.24) is 0 Å². The van der Waals surface area contributed by atoms with Crippen molar-refractivity contribution in [2.45, 2.75) is 18.2 Å². The van der Waals surface area contributed by atoms with Crippen LogP contribution in [-0.4, -0.2) is 43.1 Å². The highest BCUT2D eigenvalue weighted by atomic mass is 32.2. The molecule has 22 heavy (non-hydrogen) atoms. The minimum absolute atomic E-state index is 0.00249. The molecule has 8 heteroatoms. The number of amides is 1. The van der Waals surface area contributed by atoms with E-state index in [0.29, 0.717) is 12.3 Å². The molecule has 6 nitrogen and oxygen atoms in total. The molecule has 120 valence electrons. The molecule has 1 atom stereocenters. The van der Waals surface area contributed by atoms with Crippen LogP contribution >= 0.6 is 11.8 Å². The Bertz CT molecular complexity index is 714. The molecule has 0 radical (unpaired) electrons. The Labute approximate surface area is 133 Å². The lowest BCUT2D eigenvalue weighted by molar-refractivity contribution is -0.117. The minimum atomic E-state index is -3.42. The molecule has 1 heterocycles. The number of carbonyl (C=O) groups excluding carboxylic acids is 2. The lowest BCUT2D eigenvalue weighted by Crippen LogP contribution is -2.25. The van der Waals surface area contributed by atoms with Gasteiger partial charge < -0.3 is 10.0 Å². The number of aromatic hydroxyl groups is 1. The van der Waals surface area contributed by atoms with E-state index in [-0.39, 0.29) is 39.7 Å². The van der Waals surface area contributed by atoms with Crippen molar-refractivity contribution >= 4 is 38.3 Å². The first-order chi connectivity index (χ1) is 10.2. The van der Waals surface area contributed by atoms with E-state index >= 15 is 0 Å². The Kier molecular flexibility index (Phi) is 4.81. The third kappa shape index (κ3) is 3.80. The summed E-state index contributed by atoms with van der Waals surface area (Å²) < 4.78 is 23.2. The molecule has 0 bridgehead atoms. The van der Waals surface area contributed by atoms with Gasteiger partial charge in [-0.1, -0.05) is 11.8 Å². The monoisotopic (exact) mass is 343 g/mol. The second-order valence-corrected chi connectivity index (χ2v) is 8.51. The predicted octanol–water partition coefficient (Wildman–Crippen LogP) is 1.43. The molecule has 1 aliphatic heterocycles. The number of benzene rings is 1. The maximum Gasteiger partial charge on any atom is 0.227 e. The molecule has 0 saturated carbocycles. The molecule has 1 fully saturated rings. The van der Waals surface area contributed by atoms with Crippen molar-refractivity contribution in [2.75, 3.05) is 23.5 Å². The van der Waals surface area contributed by atoms with Crippen LogP contribution in [0.1, 0.15) is 13.3 Å². The average Bonchev–Trinajstić information content (AvgIpc) is 2.77. The number of hydrogen-bond acceptors (Lipinski definition) is 6. The van der Waals surface area contributed by atoms with E-state index in [0.717, 1.165) is 18.0 Å². The molecule has 1 unspecified atom stereocenters. The highest BCUT2D eigenvalue weighted by molar-refractivity contribution is 8.13. The largest absolute Gasteiger partial charge is 0.506 e. The summed E-state index contributed by atoms with van der Waals surface area (Å²) in [5, 5.41) is 9.93. The number of hydrogen-bond donors (Lipinski definition) is 1. The summed E-state index contributed by atoms with van der Waals surface area (Å²) >= 11 is 1.16. The predicted molar refractivity (Wildman–Crippen MR) is 84.8 cm³/mol. The quantitative estimate of drug-likeness (QED) is 0.889. The average molecular weight is 343 g/mol. The summed E-state index contributed by atoms with van der Waals surface area (Å²) in [5.74, 6) is 0.211. The van der Waals surface area contributed by atoms with Gasteiger partial charge >= 0.3 is 0 Å². The fraction of sp³-hybridized carbons (Fsp3) is 0.429. The molecular weight excluding hydrogens is 326 g/mol. The zero-order valence-corrected chi connectivity index (χ0v) is 13.9. The van der Waals surface area contributed by atoms with Gasteiger partial charge in [-0.05, 0) is 24.1 Å². The Balaban J connectivity index is 2.25. The summed E-state index contributed by atoms with van der Waals surface area (Å²) in [4.78, 5) is 24.5. The fourth-order valence-electron chi connectivity index (χ4n) is 2.31. The first-order valence-corrected chi connectivity index (χ1v) is 9.53. The van der Waals surface area contributed by atoms with Crippen molar-refractivity contribution in [1.29, 1.82) is 0 Å². The van der Waals surface area contributed by atoms with Crippen molar-refractivity contribution in [3.8, 4) is 5.75 Å². The summed E-state index contributed by atoms with van der Waals surface area (Å²) in [7, 11) is -3.42. The molecule has 0 aliphatic carbocycles. The van der Waals surface area contributed by atoms with Crippen LogP contribution in [0, 0.1) is 5.92 Å². The van der Waals surface area contributed by atoms with Crippen LogP contribution in [0.25, 0.3) is 0 Å². The van der Waals surface area contributed by atoms with Gasteiger partial charge in [0.15, 0.2) is 15.0 Å². The first kappa shape index (κ1) is 16.8. The Morgan fingerprint density at radius 2 is 2.14 bits per heavy atom. The normalized spacial score (nSPS) is 18.7. The topological polar surface area (TPSA) is 91.8 Å². The molecule has 1 N–H and O–H groups in total. The molecule has 1 aromatic carbocycles. The summed E-state index contributed by atoms with van der Waals surface area (Å²) in [6, 6.07) is 3.89. The van der Waals surface area contributed by atoms with Crippen molar-refractivity contribution < 1.29 is 23.1 Å². The first-order valence-electron chi connectivity index (χ1n) is 6.65. The maximum absolute atomic E-state index is 12.1. The summed E-state index contributed by atoms with van der Waals surface area (Å²) in [6.07, 6.45) is 1.35. The van der Waals surface area contributed by atoms with Crippen LogP contribution in [0.15, 0.2) is 23.1 Å². The molecule has 1 aromatic rings. The van der Waals surface area contributed by atoms with Gasteiger partial charge in [-0.25, -0.2) is 8.42 Å². The number of carbonyl (C=O) groups is 2. The summed E-state index contributed by atoms with van der Waals surface area (Å²) in [6.45, 7) is 1.83. The Hall–Kier alpha value is -1.54. The van der Waals surface area contributed by atoms with Gasteiger partial charge in [0, 0.05) is 31.9 Å². The van der Waals surface area contributed by atoms with E-state index < -0.39 is 9.84 Å². The lowest BCUT2D eigenvalue weighted by Gasteiger charge is -2.18. The van der Waals surface area contributed by atoms with E-state index in [9.17, 15) is 23.1 Å². The number of phenolic OH excluding ortho intramolecular Hbond substituents is 1. The molecule has 0 aromatic heterocycles.